The highest BCUT2D eigenvalue weighted by Gasteiger charge is 2.21. The highest BCUT2D eigenvalue weighted by molar-refractivity contribution is 14.0. The minimum absolute atomic E-state index is 0. The molecule has 1 unspecified atom stereocenters. The highest BCUT2D eigenvalue weighted by Crippen LogP contribution is 2.27. The number of rotatable bonds is 6. The second-order valence-corrected chi connectivity index (χ2v) is 7.17. The van der Waals surface area contributed by atoms with Gasteiger partial charge in [-0.2, -0.15) is 11.8 Å². The number of hydrogen-bond donors (Lipinski definition) is 1. The van der Waals surface area contributed by atoms with Crippen LogP contribution in [0.4, 0.5) is 0 Å². The number of aliphatic imine (C=N–C) groups is 1. The average molecular weight is 479 g/mol. The lowest BCUT2D eigenvalue weighted by Gasteiger charge is -2.34. The van der Waals surface area contributed by atoms with Crippen molar-refractivity contribution in [3.63, 3.8) is 0 Å². The second-order valence-electron chi connectivity index (χ2n) is 5.76. The van der Waals surface area contributed by atoms with E-state index in [1.54, 1.807) is 14.2 Å². The summed E-state index contributed by atoms with van der Waals surface area (Å²) < 4.78 is 10.6. The summed E-state index contributed by atoms with van der Waals surface area (Å²) in [5, 5.41) is 4.20. The second kappa shape index (κ2) is 11.7. The predicted octanol–water partition coefficient (Wildman–Crippen LogP) is 3.27. The van der Waals surface area contributed by atoms with Gasteiger partial charge in [0.1, 0.15) is 0 Å². The molecule has 1 atom stereocenters. The Balaban J connectivity index is 0.00000312. The Kier molecular flexibility index (Phi) is 10.4. The Morgan fingerprint density at radius 1 is 1.32 bits per heavy atom. The van der Waals surface area contributed by atoms with Crippen LogP contribution in [0.25, 0.3) is 0 Å². The van der Waals surface area contributed by atoms with Crippen molar-refractivity contribution in [2.24, 2.45) is 4.99 Å². The van der Waals surface area contributed by atoms with Gasteiger partial charge in [0.25, 0.3) is 0 Å². The van der Waals surface area contributed by atoms with E-state index in [-0.39, 0.29) is 24.0 Å². The lowest BCUT2D eigenvalue weighted by molar-refractivity contribution is 0.354. The van der Waals surface area contributed by atoms with Crippen molar-refractivity contribution in [1.29, 1.82) is 0 Å². The van der Waals surface area contributed by atoms with Gasteiger partial charge in [0.05, 0.1) is 14.2 Å². The van der Waals surface area contributed by atoms with Gasteiger partial charge in [-0.05, 0) is 30.5 Å². The van der Waals surface area contributed by atoms with E-state index in [0.29, 0.717) is 5.25 Å². The van der Waals surface area contributed by atoms with Crippen LogP contribution in [0.15, 0.2) is 23.2 Å². The number of thioether (sulfide) groups is 1. The molecule has 0 radical (unpaired) electrons. The van der Waals surface area contributed by atoms with Gasteiger partial charge in [0, 0.05) is 37.7 Å². The number of nitrogens with zero attached hydrogens (tertiary/aromatic N) is 2. The Hall–Kier alpha value is -0.830. The highest BCUT2D eigenvalue weighted by atomic mass is 127. The normalized spacial score (nSPS) is 17.7. The summed E-state index contributed by atoms with van der Waals surface area (Å²) in [5.41, 5.74) is 1.22. The van der Waals surface area contributed by atoms with Crippen molar-refractivity contribution >= 4 is 41.7 Å². The van der Waals surface area contributed by atoms with Crippen LogP contribution >= 0.6 is 35.7 Å². The summed E-state index contributed by atoms with van der Waals surface area (Å²) in [5.74, 6) is 3.73. The third kappa shape index (κ3) is 6.44. The predicted molar refractivity (Wildman–Crippen MR) is 118 cm³/mol. The van der Waals surface area contributed by atoms with E-state index in [2.05, 4.69) is 40.0 Å². The molecule has 1 aliphatic heterocycles. The third-order valence-corrected chi connectivity index (χ3v) is 5.62. The van der Waals surface area contributed by atoms with Crippen LogP contribution in [-0.4, -0.2) is 62.8 Å². The maximum Gasteiger partial charge on any atom is 0.193 e. The van der Waals surface area contributed by atoms with Gasteiger partial charge in [0.2, 0.25) is 0 Å². The number of methoxy groups -OCH3 is 2. The van der Waals surface area contributed by atoms with Crippen LogP contribution in [-0.2, 0) is 6.42 Å². The van der Waals surface area contributed by atoms with Crippen molar-refractivity contribution in [3.05, 3.63) is 23.8 Å². The molecule has 1 heterocycles. The molecule has 5 nitrogen and oxygen atoms in total. The zero-order valence-corrected chi connectivity index (χ0v) is 18.7. The molecule has 0 spiro atoms. The number of benzene rings is 1. The number of hydrogen-bond acceptors (Lipinski definition) is 4. The molecule has 1 N–H and O–H groups in total. The average Bonchev–Trinajstić information content (AvgIpc) is 2.65. The van der Waals surface area contributed by atoms with E-state index in [0.717, 1.165) is 43.5 Å². The molecular formula is C18H30IN3O2S. The Labute approximate surface area is 173 Å². The molecule has 1 saturated heterocycles. The first-order valence-electron chi connectivity index (χ1n) is 8.49. The molecule has 1 fully saturated rings. The fourth-order valence-electron chi connectivity index (χ4n) is 2.85. The summed E-state index contributed by atoms with van der Waals surface area (Å²) in [7, 11) is 5.19. The van der Waals surface area contributed by atoms with Gasteiger partial charge >= 0.3 is 0 Å². The fourth-order valence-corrected chi connectivity index (χ4v) is 4.03. The Morgan fingerprint density at radius 2 is 2.08 bits per heavy atom. The van der Waals surface area contributed by atoms with E-state index >= 15 is 0 Å². The first-order valence-corrected chi connectivity index (χ1v) is 9.54. The SMILES string of the molecule is CCC1CN(C(=NC)NCCc2ccc(OC)c(OC)c2)CCS1.I. The third-order valence-electron chi connectivity index (χ3n) is 4.25. The fraction of sp³-hybridized carbons (Fsp3) is 0.611. The van der Waals surface area contributed by atoms with Gasteiger partial charge in [-0.25, -0.2) is 0 Å². The van der Waals surface area contributed by atoms with Crippen LogP contribution < -0.4 is 14.8 Å². The lowest BCUT2D eigenvalue weighted by Crippen LogP contribution is -2.48. The van der Waals surface area contributed by atoms with Crippen molar-refractivity contribution < 1.29 is 9.47 Å². The van der Waals surface area contributed by atoms with Crippen LogP contribution in [0.3, 0.4) is 0 Å². The topological polar surface area (TPSA) is 46.1 Å². The molecule has 7 heteroatoms. The van der Waals surface area contributed by atoms with E-state index in [1.165, 1.54) is 17.7 Å². The zero-order chi connectivity index (χ0) is 17.4. The Bertz CT molecular complexity index is 557. The summed E-state index contributed by atoms with van der Waals surface area (Å²) in [4.78, 5) is 6.82. The van der Waals surface area contributed by atoms with Gasteiger partial charge in [-0.1, -0.05) is 13.0 Å². The first-order chi connectivity index (χ1) is 11.7. The molecule has 0 aliphatic carbocycles. The maximum absolute atomic E-state index is 5.37. The Morgan fingerprint density at radius 3 is 2.72 bits per heavy atom. The van der Waals surface area contributed by atoms with E-state index in [4.69, 9.17) is 9.47 Å². The largest absolute Gasteiger partial charge is 0.493 e. The van der Waals surface area contributed by atoms with Crippen LogP contribution in [0, 0.1) is 0 Å². The molecule has 0 aromatic heterocycles. The molecular weight excluding hydrogens is 449 g/mol. The summed E-state index contributed by atoms with van der Waals surface area (Å²) in [6.45, 7) is 5.26. The number of ether oxygens (including phenoxy) is 2. The minimum Gasteiger partial charge on any atom is -0.493 e. The van der Waals surface area contributed by atoms with Crippen molar-refractivity contribution in [2.75, 3.05) is 46.7 Å². The van der Waals surface area contributed by atoms with Crippen molar-refractivity contribution in [3.8, 4) is 11.5 Å². The molecule has 1 aliphatic rings. The van der Waals surface area contributed by atoms with Crippen molar-refractivity contribution in [1.82, 2.24) is 10.2 Å². The molecule has 1 aromatic carbocycles. The van der Waals surface area contributed by atoms with Crippen LogP contribution in [0.5, 0.6) is 11.5 Å². The minimum atomic E-state index is 0. The monoisotopic (exact) mass is 479 g/mol. The van der Waals surface area contributed by atoms with E-state index in [9.17, 15) is 0 Å². The molecule has 25 heavy (non-hydrogen) atoms. The smallest absolute Gasteiger partial charge is 0.193 e. The maximum atomic E-state index is 5.37. The van der Waals surface area contributed by atoms with E-state index < -0.39 is 0 Å². The molecule has 0 bridgehead atoms. The van der Waals surface area contributed by atoms with Gasteiger partial charge in [-0.3, -0.25) is 4.99 Å². The molecule has 142 valence electrons. The lowest BCUT2D eigenvalue weighted by atomic mass is 10.1. The zero-order valence-electron chi connectivity index (χ0n) is 15.6. The summed E-state index contributed by atoms with van der Waals surface area (Å²) in [6, 6.07) is 6.07. The number of halogens is 1. The molecule has 2 rings (SSSR count). The molecule has 1 aromatic rings. The summed E-state index contributed by atoms with van der Waals surface area (Å²) in [6.07, 6.45) is 2.13. The number of guanidine groups is 1. The standard InChI is InChI=1S/C18H29N3O2S.HI/c1-5-15-13-21(10-11-24-15)18(19-2)20-9-8-14-6-7-16(22-3)17(12-14)23-4;/h6-7,12,15H,5,8-11,13H2,1-4H3,(H,19,20);1H. The molecule has 0 amide bonds. The van der Waals surface area contributed by atoms with Crippen LogP contribution in [0.2, 0.25) is 0 Å². The van der Waals surface area contributed by atoms with Crippen LogP contribution in [0.1, 0.15) is 18.9 Å². The summed E-state index contributed by atoms with van der Waals surface area (Å²) >= 11 is 2.07. The van der Waals surface area contributed by atoms with Gasteiger partial charge < -0.3 is 19.7 Å². The quantitative estimate of drug-likeness (QED) is 0.386. The van der Waals surface area contributed by atoms with Gasteiger partial charge in [-0.15, -0.1) is 24.0 Å². The number of nitrogens with one attached hydrogen (secondary N) is 1. The van der Waals surface area contributed by atoms with Crippen molar-refractivity contribution in [2.45, 2.75) is 25.0 Å². The molecule has 0 saturated carbocycles. The van der Waals surface area contributed by atoms with E-state index in [1.807, 2.05) is 19.2 Å². The van der Waals surface area contributed by atoms with Gasteiger partial charge in [0.15, 0.2) is 17.5 Å². The first kappa shape index (κ1) is 22.2.